The number of benzene rings is 1. The van der Waals surface area contributed by atoms with E-state index in [0.29, 0.717) is 25.4 Å². The van der Waals surface area contributed by atoms with Crippen LogP contribution < -0.4 is 4.74 Å². The van der Waals surface area contributed by atoms with Crippen molar-refractivity contribution >= 4 is 0 Å². The first-order valence-corrected chi connectivity index (χ1v) is 6.89. The van der Waals surface area contributed by atoms with Gasteiger partial charge in [0.1, 0.15) is 23.8 Å². The van der Waals surface area contributed by atoms with Gasteiger partial charge in [0.15, 0.2) is 0 Å². The summed E-state index contributed by atoms with van der Waals surface area (Å²) in [5.74, 6) is 0.101. The Balaban J connectivity index is 1.60. The molecule has 1 aromatic heterocycles. The molecule has 1 aliphatic heterocycles. The molecule has 1 fully saturated rings. The van der Waals surface area contributed by atoms with E-state index in [-0.39, 0.29) is 11.9 Å². The minimum atomic E-state index is -0.586. The molecule has 6 heteroatoms. The molecular formula is C15H18FN3O2. The highest BCUT2D eigenvalue weighted by Crippen LogP contribution is 2.20. The first-order chi connectivity index (χ1) is 10.1. The van der Waals surface area contributed by atoms with Crippen molar-refractivity contribution in [1.82, 2.24) is 14.5 Å². The average Bonchev–Trinajstić information content (AvgIpc) is 2.97. The average molecular weight is 291 g/mol. The van der Waals surface area contributed by atoms with Gasteiger partial charge in [-0.15, -0.1) is 0 Å². The standard InChI is InChI=1S/C15H18FN3O2/c1-18-6-12(17-10-18)7-19-8-14(20)15(9-19)21-13-4-2-3-11(16)5-13/h2-6,10,14-15,20H,7-9H2,1H3/t14-,15-/m1/s1. The predicted molar refractivity (Wildman–Crippen MR) is 75.3 cm³/mol. The third kappa shape index (κ3) is 3.40. The zero-order valence-corrected chi connectivity index (χ0v) is 11.8. The van der Waals surface area contributed by atoms with Crippen LogP contribution in [0.4, 0.5) is 4.39 Å². The lowest BCUT2D eigenvalue weighted by molar-refractivity contribution is 0.0734. The van der Waals surface area contributed by atoms with E-state index < -0.39 is 6.10 Å². The number of likely N-dealkylation sites (tertiary alicyclic amines) is 1. The number of aryl methyl sites for hydroxylation is 1. The highest BCUT2D eigenvalue weighted by molar-refractivity contribution is 5.23. The van der Waals surface area contributed by atoms with Crippen molar-refractivity contribution in [2.75, 3.05) is 13.1 Å². The normalized spacial score (nSPS) is 22.6. The SMILES string of the molecule is Cn1cnc(CN2C[C@@H](O)[C@H](Oc3cccc(F)c3)C2)c1. The predicted octanol–water partition coefficient (Wildman–Crippen LogP) is 1.18. The zero-order valence-electron chi connectivity index (χ0n) is 11.8. The van der Waals surface area contributed by atoms with Crippen LogP contribution in [0, 0.1) is 5.82 Å². The van der Waals surface area contributed by atoms with Gasteiger partial charge in [-0.25, -0.2) is 9.37 Å². The summed E-state index contributed by atoms with van der Waals surface area (Å²) in [6.45, 7) is 1.78. The summed E-state index contributed by atoms with van der Waals surface area (Å²) in [5.41, 5.74) is 0.955. The zero-order chi connectivity index (χ0) is 14.8. The van der Waals surface area contributed by atoms with Gasteiger partial charge in [-0.1, -0.05) is 6.07 Å². The lowest BCUT2D eigenvalue weighted by atomic mass is 10.2. The summed E-state index contributed by atoms with van der Waals surface area (Å²) >= 11 is 0. The number of aliphatic hydroxyl groups is 1. The number of imidazole rings is 1. The van der Waals surface area contributed by atoms with E-state index in [2.05, 4.69) is 9.88 Å². The Labute approximate surface area is 122 Å². The molecule has 0 unspecified atom stereocenters. The number of β-amino-alcohol motifs (C(OH)–C–C–N with tert-alkyl or cyclic N) is 1. The molecule has 0 aliphatic carbocycles. The molecule has 0 bridgehead atoms. The molecule has 21 heavy (non-hydrogen) atoms. The van der Waals surface area contributed by atoms with Crippen molar-refractivity contribution in [2.24, 2.45) is 7.05 Å². The lowest BCUT2D eigenvalue weighted by Gasteiger charge is -2.16. The monoisotopic (exact) mass is 291 g/mol. The Hall–Kier alpha value is -1.92. The number of halogens is 1. The van der Waals surface area contributed by atoms with Crippen LogP contribution in [0.2, 0.25) is 0 Å². The number of ether oxygens (including phenoxy) is 1. The van der Waals surface area contributed by atoms with Crippen LogP contribution in [0.3, 0.4) is 0 Å². The fraction of sp³-hybridized carbons (Fsp3) is 0.400. The second-order valence-electron chi connectivity index (χ2n) is 5.41. The van der Waals surface area contributed by atoms with Crippen molar-refractivity contribution in [1.29, 1.82) is 0 Å². The summed E-state index contributed by atoms with van der Waals surface area (Å²) in [4.78, 5) is 6.35. The second-order valence-corrected chi connectivity index (χ2v) is 5.41. The molecule has 1 saturated heterocycles. The molecule has 2 heterocycles. The Morgan fingerprint density at radius 1 is 1.43 bits per heavy atom. The summed E-state index contributed by atoms with van der Waals surface area (Å²) in [6, 6.07) is 5.98. The second kappa shape index (κ2) is 5.83. The highest BCUT2D eigenvalue weighted by Gasteiger charge is 2.33. The van der Waals surface area contributed by atoms with Crippen molar-refractivity contribution in [3.8, 4) is 5.75 Å². The van der Waals surface area contributed by atoms with Gasteiger partial charge in [0.05, 0.1) is 12.0 Å². The Kier molecular flexibility index (Phi) is 3.90. The molecule has 0 saturated carbocycles. The molecule has 0 spiro atoms. The Morgan fingerprint density at radius 3 is 3.00 bits per heavy atom. The van der Waals surface area contributed by atoms with Gasteiger partial charge in [0.2, 0.25) is 0 Å². The van der Waals surface area contributed by atoms with Crippen LogP contribution in [0.1, 0.15) is 5.69 Å². The van der Waals surface area contributed by atoms with Gasteiger partial charge in [-0.3, -0.25) is 4.90 Å². The molecule has 2 aromatic rings. The third-order valence-corrected chi connectivity index (χ3v) is 3.54. The van der Waals surface area contributed by atoms with Crippen LogP contribution in [0.5, 0.6) is 5.75 Å². The van der Waals surface area contributed by atoms with Crippen LogP contribution in [-0.2, 0) is 13.6 Å². The topological polar surface area (TPSA) is 50.5 Å². The van der Waals surface area contributed by atoms with Gasteiger partial charge < -0.3 is 14.4 Å². The van der Waals surface area contributed by atoms with E-state index in [4.69, 9.17) is 4.74 Å². The van der Waals surface area contributed by atoms with Crippen LogP contribution in [-0.4, -0.2) is 44.9 Å². The van der Waals surface area contributed by atoms with E-state index in [1.165, 1.54) is 12.1 Å². The maximum atomic E-state index is 13.1. The fourth-order valence-electron chi connectivity index (χ4n) is 2.57. The molecule has 5 nitrogen and oxygen atoms in total. The number of nitrogens with zero attached hydrogens (tertiary/aromatic N) is 3. The molecule has 1 N–H and O–H groups in total. The van der Waals surface area contributed by atoms with Crippen molar-refractivity contribution < 1.29 is 14.2 Å². The third-order valence-electron chi connectivity index (χ3n) is 3.54. The first-order valence-electron chi connectivity index (χ1n) is 6.89. The largest absolute Gasteiger partial charge is 0.486 e. The number of hydrogen-bond donors (Lipinski definition) is 1. The van der Waals surface area contributed by atoms with Gasteiger partial charge in [-0.2, -0.15) is 0 Å². The Morgan fingerprint density at radius 2 is 2.29 bits per heavy atom. The lowest BCUT2D eigenvalue weighted by Crippen LogP contribution is -2.29. The van der Waals surface area contributed by atoms with Crippen molar-refractivity contribution in [3.63, 3.8) is 0 Å². The molecule has 1 aromatic carbocycles. The fourth-order valence-corrected chi connectivity index (χ4v) is 2.57. The number of hydrogen-bond acceptors (Lipinski definition) is 4. The maximum absolute atomic E-state index is 13.1. The molecule has 2 atom stereocenters. The van der Waals surface area contributed by atoms with Gasteiger partial charge in [-0.05, 0) is 12.1 Å². The number of aromatic nitrogens is 2. The van der Waals surface area contributed by atoms with Crippen LogP contribution in [0.15, 0.2) is 36.8 Å². The molecule has 0 amide bonds. The summed E-state index contributed by atoms with van der Waals surface area (Å²) in [7, 11) is 1.92. The number of aliphatic hydroxyl groups excluding tert-OH is 1. The first kappa shape index (κ1) is 14.0. The van der Waals surface area contributed by atoms with Gasteiger partial charge >= 0.3 is 0 Å². The van der Waals surface area contributed by atoms with Gasteiger partial charge in [0, 0.05) is 38.9 Å². The maximum Gasteiger partial charge on any atom is 0.138 e. The van der Waals surface area contributed by atoms with E-state index in [9.17, 15) is 9.50 Å². The van der Waals surface area contributed by atoms with Crippen LogP contribution in [0.25, 0.3) is 0 Å². The van der Waals surface area contributed by atoms with Gasteiger partial charge in [0.25, 0.3) is 0 Å². The van der Waals surface area contributed by atoms with Crippen molar-refractivity contribution in [2.45, 2.75) is 18.8 Å². The Bertz CT molecular complexity index is 616. The molecule has 0 radical (unpaired) electrons. The van der Waals surface area contributed by atoms with E-state index in [1.807, 2.05) is 17.8 Å². The smallest absolute Gasteiger partial charge is 0.138 e. The molecule has 112 valence electrons. The summed E-state index contributed by atoms with van der Waals surface area (Å²) < 4.78 is 20.7. The van der Waals surface area contributed by atoms with Crippen LogP contribution >= 0.6 is 0 Å². The van der Waals surface area contributed by atoms with E-state index in [0.717, 1.165) is 5.69 Å². The molecule has 1 aliphatic rings. The minimum Gasteiger partial charge on any atom is -0.486 e. The summed E-state index contributed by atoms with van der Waals surface area (Å²) in [6.07, 6.45) is 2.77. The minimum absolute atomic E-state index is 0.342. The molecular weight excluding hydrogens is 273 g/mol. The summed E-state index contributed by atoms with van der Waals surface area (Å²) in [5, 5.41) is 10.1. The number of rotatable bonds is 4. The van der Waals surface area contributed by atoms with E-state index in [1.54, 1.807) is 18.5 Å². The highest BCUT2D eigenvalue weighted by atomic mass is 19.1. The quantitative estimate of drug-likeness (QED) is 0.919. The molecule has 3 rings (SSSR count). The van der Waals surface area contributed by atoms with E-state index >= 15 is 0 Å². The van der Waals surface area contributed by atoms with Crippen molar-refractivity contribution in [3.05, 3.63) is 48.3 Å².